The van der Waals surface area contributed by atoms with Crippen molar-refractivity contribution in [3.05, 3.63) is 17.0 Å². The number of halogens is 1. The molecule has 3 rings (SSSR count). The Morgan fingerprint density at radius 2 is 2.00 bits per heavy atom. The molecule has 1 aliphatic rings. The molecule has 0 N–H and O–H groups in total. The second-order valence-electron chi connectivity index (χ2n) is 5.85. The molecule has 1 saturated carbocycles. The van der Waals surface area contributed by atoms with Crippen LogP contribution in [0.2, 0.25) is 5.15 Å². The lowest BCUT2D eigenvalue weighted by Gasteiger charge is -2.35. The topological polar surface area (TPSA) is 46.3 Å². The van der Waals surface area contributed by atoms with Crippen LogP contribution in [-0.4, -0.2) is 32.7 Å². The van der Waals surface area contributed by atoms with Crippen molar-refractivity contribution in [3.8, 4) is 0 Å². The maximum absolute atomic E-state index is 6.24. The smallest absolute Gasteiger partial charge is 0.255 e. The third-order valence-corrected chi connectivity index (χ3v) is 4.81. The van der Waals surface area contributed by atoms with Gasteiger partial charge in [-0.3, -0.25) is 0 Å². The zero-order valence-corrected chi connectivity index (χ0v) is 12.9. The molecule has 0 aromatic carbocycles. The number of rotatable bonds is 2. The number of nitrogens with zero attached hydrogens (tertiary/aromatic N) is 5. The van der Waals surface area contributed by atoms with E-state index in [0.29, 0.717) is 17.0 Å². The highest BCUT2D eigenvalue weighted by molar-refractivity contribution is 6.30. The molecule has 2 aromatic rings. The van der Waals surface area contributed by atoms with Gasteiger partial charge in [0.25, 0.3) is 5.78 Å². The van der Waals surface area contributed by atoms with E-state index in [9.17, 15) is 0 Å². The second-order valence-corrected chi connectivity index (χ2v) is 6.21. The van der Waals surface area contributed by atoms with Gasteiger partial charge in [-0.1, -0.05) is 18.5 Å². The molecule has 0 bridgehead atoms. The highest BCUT2D eigenvalue weighted by Crippen LogP contribution is 2.32. The van der Waals surface area contributed by atoms with Gasteiger partial charge >= 0.3 is 0 Å². The zero-order valence-electron chi connectivity index (χ0n) is 12.2. The summed E-state index contributed by atoms with van der Waals surface area (Å²) in [5.41, 5.74) is 0.964. The molecule has 5 nitrogen and oxygen atoms in total. The highest BCUT2D eigenvalue weighted by atomic mass is 35.5. The number of hydrogen-bond donors (Lipinski definition) is 0. The predicted octanol–water partition coefficient (Wildman–Crippen LogP) is 3.10. The molecule has 108 valence electrons. The van der Waals surface area contributed by atoms with Gasteiger partial charge in [-0.15, -0.1) is 0 Å². The average Bonchev–Trinajstić information content (AvgIpc) is 2.88. The summed E-state index contributed by atoms with van der Waals surface area (Å²) in [5.74, 6) is 2.41. The van der Waals surface area contributed by atoms with E-state index in [1.165, 1.54) is 32.0 Å². The molecule has 2 aromatic heterocycles. The molecule has 1 fully saturated rings. The van der Waals surface area contributed by atoms with Crippen LogP contribution in [-0.2, 0) is 0 Å². The fraction of sp³-hybridized carbons (Fsp3) is 0.643. The van der Waals surface area contributed by atoms with Gasteiger partial charge in [0.1, 0.15) is 17.3 Å². The summed E-state index contributed by atoms with van der Waals surface area (Å²) in [5, 5.41) is 4.80. The highest BCUT2D eigenvalue weighted by Gasteiger charge is 2.25. The fourth-order valence-corrected chi connectivity index (χ4v) is 3.26. The van der Waals surface area contributed by atoms with Gasteiger partial charge in [0, 0.05) is 18.7 Å². The fourth-order valence-electron chi connectivity index (χ4n) is 3.10. The summed E-state index contributed by atoms with van der Waals surface area (Å²) in [6.45, 7) is 4.33. The van der Waals surface area contributed by atoms with Crippen molar-refractivity contribution in [3.63, 3.8) is 0 Å². The molecule has 20 heavy (non-hydrogen) atoms. The minimum Gasteiger partial charge on any atom is -0.356 e. The lowest BCUT2D eigenvalue weighted by atomic mass is 9.86. The summed E-state index contributed by atoms with van der Waals surface area (Å²) < 4.78 is 1.79. The van der Waals surface area contributed by atoms with Crippen LogP contribution in [0.3, 0.4) is 0 Å². The second kappa shape index (κ2) is 5.20. The number of aromatic nitrogens is 4. The summed E-state index contributed by atoms with van der Waals surface area (Å²) in [6.07, 6.45) is 6.53. The standard InChI is InChI=1S/C14H20ClN5/c1-9-4-6-11(7-5-9)19(3)13-10(2)12(15)18-14-16-8-17-20(13)14/h8-9,11H,4-7H2,1-3H3. The van der Waals surface area contributed by atoms with E-state index in [1.54, 1.807) is 4.52 Å². The Hall–Kier alpha value is -1.36. The first-order chi connectivity index (χ1) is 9.58. The zero-order chi connectivity index (χ0) is 14.3. The molecular weight excluding hydrogens is 274 g/mol. The first-order valence-corrected chi connectivity index (χ1v) is 7.54. The van der Waals surface area contributed by atoms with E-state index in [0.717, 1.165) is 17.3 Å². The number of fused-ring (bicyclic) bond motifs is 1. The van der Waals surface area contributed by atoms with E-state index in [2.05, 4.69) is 33.9 Å². The van der Waals surface area contributed by atoms with Crippen molar-refractivity contribution in [2.24, 2.45) is 5.92 Å². The minimum atomic E-state index is 0.511. The van der Waals surface area contributed by atoms with Crippen molar-refractivity contribution >= 4 is 23.2 Å². The van der Waals surface area contributed by atoms with Crippen molar-refractivity contribution in [1.29, 1.82) is 0 Å². The minimum absolute atomic E-state index is 0.511. The van der Waals surface area contributed by atoms with E-state index < -0.39 is 0 Å². The first-order valence-electron chi connectivity index (χ1n) is 7.16. The molecule has 0 spiro atoms. The molecular formula is C14H20ClN5. The number of hydrogen-bond acceptors (Lipinski definition) is 4. The summed E-state index contributed by atoms with van der Waals surface area (Å²) >= 11 is 6.24. The largest absolute Gasteiger partial charge is 0.356 e. The molecule has 0 saturated heterocycles. The third-order valence-electron chi connectivity index (χ3n) is 4.44. The van der Waals surface area contributed by atoms with Crippen molar-refractivity contribution in [2.45, 2.75) is 45.6 Å². The van der Waals surface area contributed by atoms with Crippen LogP contribution < -0.4 is 4.90 Å². The maximum atomic E-state index is 6.24. The van der Waals surface area contributed by atoms with Gasteiger partial charge in [0.2, 0.25) is 0 Å². The van der Waals surface area contributed by atoms with Gasteiger partial charge in [-0.05, 0) is 38.5 Å². The Labute approximate surface area is 124 Å². The Bertz CT molecular complexity index is 615. The lowest BCUT2D eigenvalue weighted by molar-refractivity contribution is 0.339. The molecule has 0 atom stereocenters. The van der Waals surface area contributed by atoms with Crippen LogP contribution in [0.1, 0.15) is 38.2 Å². The summed E-state index contributed by atoms with van der Waals surface area (Å²) in [6, 6.07) is 0.538. The van der Waals surface area contributed by atoms with E-state index in [4.69, 9.17) is 11.6 Å². The van der Waals surface area contributed by atoms with Crippen molar-refractivity contribution in [2.75, 3.05) is 11.9 Å². The van der Waals surface area contributed by atoms with Crippen LogP contribution in [0.15, 0.2) is 6.33 Å². The summed E-state index contributed by atoms with van der Waals surface area (Å²) in [7, 11) is 2.13. The molecule has 0 amide bonds. The Morgan fingerprint density at radius 1 is 1.30 bits per heavy atom. The van der Waals surface area contributed by atoms with Gasteiger partial charge < -0.3 is 4.90 Å². The molecule has 2 heterocycles. The maximum Gasteiger partial charge on any atom is 0.255 e. The van der Waals surface area contributed by atoms with Gasteiger partial charge in [-0.25, -0.2) is 0 Å². The monoisotopic (exact) mass is 293 g/mol. The Balaban J connectivity index is 2.00. The molecule has 0 unspecified atom stereocenters. The van der Waals surface area contributed by atoms with Gasteiger partial charge in [0.15, 0.2) is 0 Å². The van der Waals surface area contributed by atoms with Crippen LogP contribution in [0.25, 0.3) is 5.78 Å². The van der Waals surface area contributed by atoms with Crippen LogP contribution >= 0.6 is 11.6 Å². The quantitative estimate of drug-likeness (QED) is 0.798. The number of anilines is 1. The van der Waals surface area contributed by atoms with E-state index >= 15 is 0 Å². The van der Waals surface area contributed by atoms with Crippen molar-refractivity contribution < 1.29 is 0 Å². The van der Waals surface area contributed by atoms with Gasteiger partial charge in [-0.2, -0.15) is 19.6 Å². The van der Waals surface area contributed by atoms with Crippen LogP contribution in [0.5, 0.6) is 0 Å². The van der Waals surface area contributed by atoms with E-state index in [-0.39, 0.29) is 0 Å². The predicted molar refractivity (Wildman–Crippen MR) is 80.4 cm³/mol. The molecule has 0 aliphatic heterocycles. The molecule has 6 heteroatoms. The molecule has 0 radical (unpaired) electrons. The SMILES string of the molecule is Cc1c(Cl)nc2ncnn2c1N(C)C1CCC(C)CC1. The lowest BCUT2D eigenvalue weighted by Crippen LogP contribution is -2.36. The van der Waals surface area contributed by atoms with Crippen LogP contribution in [0.4, 0.5) is 5.82 Å². The first kappa shape index (κ1) is 13.6. The third kappa shape index (κ3) is 2.24. The normalized spacial score (nSPS) is 23.2. The van der Waals surface area contributed by atoms with Crippen LogP contribution in [0, 0.1) is 12.8 Å². The summed E-state index contributed by atoms with van der Waals surface area (Å²) in [4.78, 5) is 10.7. The van der Waals surface area contributed by atoms with Gasteiger partial charge in [0.05, 0.1) is 0 Å². The average molecular weight is 294 g/mol. The molecule has 1 aliphatic carbocycles. The van der Waals surface area contributed by atoms with Crippen molar-refractivity contribution in [1.82, 2.24) is 19.6 Å². The Morgan fingerprint density at radius 3 is 2.70 bits per heavy atom. The van der Waals surface area contributed by atoms with E-state index in [1.807, 2.05) is 6.92 Å². The Kier molecular flexibility index (Phi) is 3.54.